The standard InChI is InChI=1S/C20H19N3O4S/c1-26-14-6-4-13(5-7-14)18-10-15(21)19(28-18)20(25)23-22-11-12-3-8-16(24)17(9-12)27-2/h3-11,24H,21H2,1-2H3,(H,23,25)/b22-11+. The van der Waals surface area contributed by atoms with Crippen LogP contribution in [0.5, 0.6) is 17.2 Å². The Balaban J connectivity index is 1.71. The summed E-state index contributed by atoms with van der Waals surface area (Å²) >= 11 is 1.28. The van der Waals surface area contributed by atoms with Gasteiger partial charge in [0, 0.05) is 4.88 Å². The maximum atomic E-state index is 12.4. The molecule has 0 aliphatic rings. The van der Waals surface area contributed by atoms with Gasteiger partial charge in [-0.05, 0) is 59.7 Å². The van der Waals surface area contributed by atoms with Crippen molar-refractivity contribution in [3.63, 3.8) is 0 Å². The Kier molecular flexibility index (Phi) is 5.81. The van der Waals surface area contributed by atoms with Crippen LogP contribution in [0.25, 0.3) is 10.4 Å². The number of thiophene rings is 1. The van der Waals surface area contributed by atoms with Crippen LogP contribution in [0.3, 0.4) is 0 Å². The molecule has 3 aromatic rings. The van der Waals surface area contributed by atoms with Gasteiger partial charge >= 0.3 is 0 Å². The SMILES string of the molecule is COc1ccc(-c2cc(N)c(C(=O)N/N=C/c3ccc(O)c(OC)c3)s2)cc1. The smallest absolute Gasteiger partial charge is 0.283 e. The number of aromatic hydroxyl groups is 1. The lowest BCUT2D eigenvalue weighted by molar-refractivity contribution is 0.0960. The summed E-state index contributed by atoms with van der Waals surface area (Å²) in [5.74, 6) is 0.707. The predicted molar refractivity (Wildman–Crippen MR) is 110 cm³/mol. The molecule has 144 valence electrons. The van der Waals surface area contributed by atoms with Crippen molar-refractivity contribution >= 4 is 29.1 Å². The number of nitrogens with one attached hydrogen (secondary N) is 1. The van der Waals surface area contributed by atoms with Gasteiger partial charge in [0.25, 0.3) is 5.91 Å². The lowest BCUT2D eigenvalue weighted by atomic mass is 10.2. The molecule has 1 amide bonds. The van der Waals surface area contributed by atoms with E-state index in [4.69, 9.17) is 15.2 Å². The quantitative estimate of drug-likeness (QED) is 0.436. The molecule has 1 heterocycles. The number of hydrogen-bond donors (Lipinski definition) is 3. The molecular formula is C20H19N3O4S. The first kappa shape index (κ1) is 19.2. The second-order valence-electron chi connectivity index (χ2n) is 5.75. The third kappa shape index (κ3) is 4.24. The van der Waals surface area contributed by atoms with Crippen LogP contribution in [-0.2, 0) is 0 Å². The van der Waals surface area contributed by atoms with E-state index in [-0.39, 0.29) is 5.75 Å². The number of nitrogens with two attached hydrogens (primary N) is 1. The Morgan fingerprint density at radius 1 is 1.14 bits per heavy atom. The van der Waals surface area contributed by atoms with Crippen LogP contribution < -0.4 is 20.6 Å². The molecule has 0 saturated heterocycles. The van der Waals surface area contributed by atoms with E-state index in [1.807, 2.05) is 24.3 Å². The Bertz CT molecular complexity index is 1010. The largest absolute Gasteiger partial charge is 0.504 e. The monoisotopic (exact) mass is 397 g/mol. The van der Waals surface area contributed by atoms with Crippen molar-refractivity contribution < 1.29 is 19.4 Å². The van der Waals surface area contributed by atoms with Gasteiger partial charge in [-0.25, -0.2) is 5.43 Å². The molecule has 28 heavy (non-hydrogen) atoms. The van der Waals surface area contributed by atoms with Gasteiger partial charge in [-0.15, -0.1) is 11.3 Å². The highest BCUT2D eigenvalue weighted by atomic mass is 32.1. The van der Waals surface area contributed by atoms with Crippen molar-refractivity contribution in [3.05, 3.63) is 59.0 Å². The topological polar surface area (TPSA) is 106 Å². The van der Waals surface area contributed by atoms with Gasteiger partial charge in [0.15, 0.2) is 11.5 Å². The number of amides is 1. The van der Waals surface area contributed by atoms with Crippen LogP contribution in [0.4, 0.5) is 5.69 Å². The van der Waals surface area contributed by atoms with Crippen molar-refractivity contribution in [3.8, 4) is 27.7 Å². The summed E-state index contributed by atoms with van der Waals surface area (Å²) in [6.45, 7) is 0. The first-order valence-electron chi connectivity index (χ1n) is 8.26. The molecule has 0 radical (unpaired) electrons. The number of hydrogen-bond acceptors (Lipinski definition) is 7. The average Bonchev–Trinajstić information content (AvgIpc) is 3.11. The lowest BCUT2D eigenvalue weighted by Crippen LogP contribution is -2.17. The highest BCUT2D eigenvalue weighted by Crippen LogP contribution is 2.34. The van der Waals surface area contributed by atoms with E-state index < -0.39 is 5.91 Å². The van der Waals surface area contributed by atoms with E-state index in [0.717, 1.165) is 16.2 Å². The molecule has 3 rings (SSSR count). The molecule has 0 aliphatic carbocycles. The second kappa shape index (κ2) is 8.45. The van der Waals surface area contributed by atoms with Gasteiger partial charge in [-0.3, -0.25) is 4.79 Å². The maximum absolute atomic E-state index is 12.4. The van der Waals surface area contributed by atoms with Gasteiger partial charge in [-0.1, -0.05) is 0 Å². The molecule has 0 atom stereocenters. The number of nitrogen functional groups attached to an aromatic ring is 1. The fourth-order valence-electron chi connectivity index (χ4n) is 2.47. The Morgan fingerprint density at radius 3 is 2.57 bits per heavy atom. The van der Waals surface area contributed by atoms with Gasteiger partial charge in [0.2, 0.25) is 0 Å². The highest BCUT2D eigenvalue weighted by Gasteiger charge is 2.15. The molecule has 0 unspecified atom stereocenters. The molecule has 0 aliphatic heterocycles. The minimum Gasteiger partial charge on any atom is -0.504 e. The number of carbonyl (C=O) groups excluding carboxylic acids is 1. The fraction of sp³-hybridized carbons (Fsp3) is 0.100. The minimum atomic E-state index is -0.399. The third-order valence-corrected chi connectivity index (χ3v) is 5.12. The van der Waals surface area contributed by atoms with Gasteiger partial charge < -0.3 is 20.3 Å². The molecule has 8 heteroatoms. The first-order chi connectivity index (χ1) is 13.5. The number of hydrazone groups is 1. The van der Waals surface area contributed by atoms with E-state index in [1.165, 1.54) is 30.7 Å². The van der Waals surface area contributed by atoms with Crippen LogP contribution in [0.1, 0.15) is 15.2 Å². The first-order valence-corrected chi connectivity index (χ1v) is 9.07. The molecule has 0 saturated carbocycles. The molecule has 0 spiro atoms. The summed E-state index contributed by atoms with van der Waals surface area (Å²) in [5, 5.41) is 13.5. The van der Waals surface area contributed by atoms with Gasteiger partial charge in [-0.2, -0.15) is 5.10 Å². The van der Waals surface area contributed by atoms with Crippen LogP contribution in [0.15, 0.2) is 53.6 Å². The summed E-state index contributed by atoms with van der Waals surface area (Å²) in [5.41, 5.74) is 10.4. The summed E-state index contributed by atoms with van der Waals surface area (Å²) in [6.07, 6.45) is 1.45. The highest BCUT2D eigenvalue weighted by molar-refractivity contribution is 7.18. The van der Waals surface area contributed by atoms with Crippen molar-refractivity contribution in [1.29, 1.82) is 0 Å². The number of carbonyl (C=O) groups is 1. The molecule has 0 fully saturated rings. The fourth-order valence-corrected chi connectivity index (χ4v) is 3.45. The van der Waals surface area contributed by atoms with Crippen LogP contribution in [0.2, 0.25) is 0 Å². The number of ether oxygens (including phenoxy) is 2. The maximum Gasteiger partial charge on any atom is 0.283 e. The van der Waals surface area contributed by atoms with Crippen LogP contribution in [0, 0.1) is 0 Å². The summed E-state index contributed by atoms with van der Waals surface area (Å²) in [4.78, 5) is 13.7. The normalized spacial score (nSPS) is 10.8. The number of rotatable bonds is 6. The van der Waals surface area contributed by atoms with E-state index in [9.17, 15) is 9.90 Å². The molecule has 4 N–H and O–H groups in total. The zero-order chi connectivity index (χ0) is 20.1. The van der Waals surface area contributed by atoms with E-state index >= 15 is 0 Å². The summed E-state index contributed by atoms with van der Waals surface area (Å²) < 4.78 is 10.2. The molecule has 2 aromatic carbocycles. The predicted octanol–water partition coefficient (Wildman–Crippen LogP) is 3.48. The van der Waals surface area contributed by atoms with E-state index in [1.54, 1.807) is 25.3 Å². The van der Waals surface area contributed by atoms with Crippen LogP contribution in [-0.4, -0.2) is 31.4 Å². The summed E-state index contributed by atoms with van der Waals surface area (Å²) in [6, 6.07) is 14.0. The molecular weight excluding hydrogens is 378 g/mol. The van der Waals surface area contributed by atoms with E-state index in [0.29, 0.717) is 21.9 Å². The molecule has 0 bridgehead atoms. The van der Waals surface area contributed by atoms with Gasteiger partial charge in [0.05, 0.1) is 26.1 Å². The lowest BCUT2D eigenvalue weighted by Gasteiger charge is -2.03. The number of methoxy groups -OCH3 is 2. The Hall–Kier alpha value is -3.52. The molecule has 1 aromatic heterocycles. The number of phenols is 1. The number of anilines is 1. The van der Waals surface area contributed by atoms with E-state index in [2.05, 4.69) is 10.5 Å². The third-order valence-electron chi connectivity index (χ3n) is 3.93. The zero-order valence-electron chi connectivity index (χ0n) is 15.3. The van der Waals surface area contributed by atoms with Gasteiger partial charge in [0.1, 0.15) is 10.6 Å². The van der Waals surface area contributed by atoms with Crippen molar-refractivity contribution in [2.75, 3.05) is 20.0 Å². The van der Waals surface area contributed by atoms with Crippen molar-refractivity contribution in [2.45, 2.75) is 0 Å². The summed E-state index contributed by atoms with van der Waals surface area (Å²) in [7, 11) is 3.06. The number of nitrogens with zero attached hydrogens (tertiary/aromatic N) is 1. The number of benzene rings is 2. The Morgan fingerprint density at radius 2 is 1.89 bits per heavy atom. The minimum absolute atomic E-state index is 0.0288. The van der Waals surface area contributed by atoms with Crippen LogP contribution >= 0.6 is 11.3 Å². The molecule has 7 nitrogen and oxygen atoms in total. The second-order valence-corrected chi connectivity index (χ2v) is 6.81. The van der Waals surface area contributed by atoms with Crippen molar-refractivity contribution in [1.82, 2.24) is 5.43 Å². The number of phenolic OH excluding ortho intramolecular Hbond substituents is 1. The van der Waals surface area contributed by atoms with Crippen molar-refractivity contribution in [2.24, 2.45) is 5.10 Å². The average molecular weight is 397 g/mol. The zero-order valence-corrected chi connectivity index (χ0v) is 16.1. The Labute approximate surface area is 166 Å².